The number of hydrogen-bond acceptors (Lipinski definition) is 3. The highest BCUT2D eigenvalue weighted by Crippen LogP contribution is 2.19. The molecule has 1 aliphatic rings. The molecule has 1 saturated heterocycles. The van der Waals surface area contributed by atoms with E-state index in [0.717, 1.165) is 0 Å². The first-order valence-corrected chi connectivity index (χ1v) is 7.50. The van der Waals surface area contributed by atoms with Crippen LogP contribution in [0.1, 0.15) is 34.1 Å². The van der Waals surface area contributed by atoms with E-state index >= 15 is 0 Å². The van der Waals surface area contributed by atoms with Gasteiger partial charge in [0.1, 0.15) is 0 Å². The minimum Gasteiger partial charge on any atom is -0.481 e. The van der Waals surface area contributed by atoms with Crippen LogP contribution in [-0.2, 0) is 14.4 Å². The number of rotatable bonds is 7. The largest absolute Gasteiger partial charge is 0.481 e. The lowest BCUT2D eigenvalue weighted by molar-refractivity contribution is -0.143. The molecule has 0 saturated carbocycles. The van der Waals surface area contributed by atoms with Gasteiger partial charge >= 0.3 is 5.97 Å². The van der Waals surface area contributed by atoms with E-state index in [-0.39, 0.29) is 36.6 Å². The molecule has 0 aromatic heterocycles. The van der Waals surface area contributed by atoms with Crippen molar-refractivity contribution in [3.63, 3.8) is 0 Å². The van der Waals surface area contributed by atoms with E-state index in [1.54, 1.807) is 4.90 Å². The first-order valence-electron chi connectivity index (χ1n) is 7.50. The summed E-state index contributed by atoms with van der Waals surface area (Å²) in [6.07, 6.45) is 0.220. The van der Waals surface area contributed by atoms with Crippen molar-refractivity contribution in [1.29, 1.82) is 0 Å². The average molecular weight is 298 g/mol. The number of amides is 2. The van der Waals surface area contributed by atoms with Gasteiger partial charge in [0, 0.05) is 26.1 Å². The molecule has 1 rings (SSSR count). The van der Waals surface area contributed by atoms with Crippen molar-refractivity contribution in [3.05, 3.63) is 0 Å². The summed E-state index contributed by atoms with van der Waals surface area (Å²) < 4.78 is 0. The summed E-state index contributed by atoms with van der Waals surface area (Å²) in [5.41, 5.74) is 0. The highest BCUT2D eigenvalue weighted by molar-refractivity contribution is 5.89. The van der Waals surface area contributed by atoms with Gasteiger partial charge in [-0.15, -0.1) is 0 Å². The first kappa shape index (κ1) is 17.5. The molecule has 0 bridgehead atoms. The van der Waals surface area contributed by atoms with Gasteiger partial charge in [-0.3, -0.25) is 14.4 Å². The zero-order valence-corrected chi connectivity index (χ0v) is 13.3. The summed E-state index contributed by atoms with van der Waals surface area (Å²) >= 11 is 0. The molecule has 2 N–H and O–H groups in total. The SMILES string of the molecule is CC(C)CN1CC(C(=O)NCC(C(=O)O)C(C)C)CC1=O. The molecule has 1 aliphatic heterocycles. The van der Waals surface area contributed by atoms with E-state index in [0.29, 0.717) is 19.0 Å². The van der Waals surface area contributed by atoms with Crippen molar-refractivity contribution < 1.29 is 19.5 Å². The maximum absolute atomic E-state index is 12.1. The van der Waals surface area contributed by atoms with Crippen LogP contribution in [0.2, 0.25) is 0 Å². The summed E-state index contributed by atoms with van der Waals surface area (Å²) in [6.45, 7) is 8.89. The Morgan fingerprint density at radius 3 is 2.43 bits per heavy atom. The molecule has 2 amide bonds. The van der Waals surface area contributed by atoms with Crippen molar-refractivity contribution in [1.82, 2.24) is 10.2 Å². The molecule has 0 spiro atoms. The van der Waals surface area contributed by atoms with Gasteiger partial charge in [0.2, 0.25) is 11.8 Å². The predicted octanol–water partition coefficient (Wildman–Crippen LogP) is 0.964. The summed E-state index contributed by atoms with van der Waals surface area (Å²) in [4.78, 5) is 36.7. The van der Waals surface area contributed by atoms with Crippen LogP contribution in [0.3, 0.4) is 0 Å². The number of nitrogens with one attached hydrogen (secondary N) is 1. The third-order valence-electron chi connectivity index (χ3n) is 3.79. The lowest BCUT2D eigenvalue weighted by atomic mass is 9.95. The molecule has 2 unspecified atom stereocenters. The molecular weight excluding hydrogens is 272 g/mol. The van der Waals surface area contributed by atoms with Crippen molar-refractivity contribution >= 4 is 17.8 Å². The van der Waals surface area contributed by atoms with Gasteiger partial charge in [0.25, 0.3) is 0 Å². The van der Waals surface area contributed by atoms with Crippen molar-refractivity contribution in [2.75, 3.05) is 19.6 Å². The molecule has 21 heavy (non-hydrogen) atoms. The molecule has 0 aliphatic carbocycles. The van der Waals surface area contributed by atoms with Crippen LogP contribution in [0, 0.1) is 23.7 Å². The first-order chi connectivity index (χ1) is 9.72. The van der Waals surface area contributed by atoms with Crippen LogP contribution >= 0.6 is 0 Å². The number of aliphatic carboxylic acids is 1. The Balaban J connectivity index is 2.50. The third kappa shape index (κ3) is 5.02. The minimum atomic E-state index is -0.908. The van der Waals surface area contributed by atoms with Crippen LogP contribution in [0.25, 0.3) is 0 Å². The normalized spacial score (nSPS) is 20.2. The van der Waals surface area contributed by atoms with Crippen molar-refractivity contribution in [2.24, 2.45) is 23.7 Å². The summed E-state index contributed by atoms with van der Waals surface area (Å²) in [5.74, 6) is -1.77. The van der Waals surface area contributed by atoms with Crippen LogP contribution in [0.15, 0.2) is 0 Å². The number of carboxylic acid groups (broad SMARTS) is 1. The third-order valence-corrected chi connectivity index (χ3v) is 3.79. The second kappa shape index (κ2) is 7.43. The molecule has 0 aromatic rings. The molecule has 0 aromatic carbocycles. The molecular formula is C15H26N2O4. The Labute approximate surface area is 125 Å². The van der Waals surface area contributed by atoms with Crippen LogP contribution in [-0.4, -0.2) is 47.4 Å². The Kier molecular flexibility index (Phi) is 6.18. The smallest absolute Gasteiger partial charge is 0.308 e. The quantitative estimate of drug-likeness (QED) is 0.733. The van der Waals surface area contributed by atoms with Gasteiger partial charge in [-0.1, -0.05) is 27.7 Å². The van der Waals surface area contributed by atoms with Crippen molar-refractivity contribution in [3.8, 4) is 0 Å². The maximum Gasteiger partial charge on any atom is 0.308 e. The lowest BCUT2D eigenvalue weighted by Gasteiger charge is -2.20. The van der Waals surface area contributed by atoms with Crippen LogP contribution in [0.4, 0.5) is 0 Å². The average Bonchev–Trinajstić information content (AvgIpc) is 2.69. The van der Waals surface area contributed by atoms with E-state index in [1.807, 2.05) is 27.7 Å². The number of nitrogens with zero attached hydrogens (tertiary/aromatic N) is 1. The van der Waals surface area contributed by atoms with Gasteiger partial charge in [-0.25, -0.2) is 0 Å². The van der Waals surface area contributed by atoms with Crippen LogP contribution in [0.5, 0.6) is 0 Å². The molecule has 0 radical (unpaired) electrons. The summed E-state index contributed by atoms with van der Waals surface area (Å²) in [7, 11) is 0. The predicted molar refractivity (Wildman–Crippen MR) is 78.5 cm³/mol. The van der Waals surface area contributed by atoms with Crippen LogP contribution < -0.4 is 5.32 Å². The summed E-state index contributed by atoms with van der Waals surface area (Å²) in [5, 5.41) is 11.8. The topological polar surface area (TPSA) is 86.7 Å². The second-order valence-corrected chi connectivity index (χ2v) is 6.53. The van der Waals surface area contributed by atoms with E-state index in [1.165, 1.54) is 0 Å². The van der Waals surface area contributed by atoms with E-state index in [2.05, 4.69) is 5.32 Å². The highest BCUT2D eigenvalue weighted by Gasteiger charge is 2.34. The Bertz CT molecular complexity index is 406. The maximum atomic E-state index is 12.1. The monoisotopic (exact) mass is 298 g/mol. The van der Waals surface area contributed by atoms with Gasteiger partial charge in [0.15, 0.2) is 0 Å². The molecule has 6 heteroatoms. The number of hydrogen-bond donors (Lipinski definition) is 2. The highest BCUT2D eigenvalue weighted by atomic mass is 16.4. The minimum absolute atomic E-state index is 0.00231. The lowest BCUT2D eigenvalue weighted by Crippen LogP contribution is -2.39. The zero-order valence-electron chi connectivity index (χ0n) is 13.3. The number of carboxylic acids is 1. The fraction of sp³-hybridized carbons (Fsp3) is 0.800. The molecule has 120 valence electrons. The van der Waals surface area contributed by atoms with E-state index in [9.17, 15) is 14.4 Å². The molecule has 6 nitrogen and oxygen atoms in total. The van der Waals surface area contributed by atoms with Crippen molar-refractivity contribution in [2.45, 2.75) is 34.1 Å². The van der Waals surface area contributed by atoms with Gasteiger partial charge in [-0.05, 0) is 11.8 Å². The molecule has 2 atom stereocenters. The van der Waals surface area contributed by atoms with E-state index in [4.69, 9.17) is 5.11 Å². The Hall–Kier alpha value is -1.59. The fourth-order valence-corrected chi connectivity index (χ4v) is 2.53. The number of likely N-dealkylation sites (tertiary alicyclic amines) is 1. The molecule has 1 fully saturated rings. The summed E-state index contributed by atoms with van der Waals surface area (Å²) in [6, 6.07) is 0. The van der Waals surface area contributed by atoms with Gasteiger partial charge in [-0.2, -0.15) is 0 Å². The van der Waals surface area contributed by atoms with Gasteiger partial charge < -0.3 is 15.3 Å². The Morgan fingerprint density at radius 2 is 1.95 bits per heavy atom. The fourth-order valence-electron chi connectivity index (χ4n) is 2.53. The Morgan fingerprint density at radius 1 is 1.33 bits per heavy atom. The van der Waals surface area contributed by atoms with Gasteiger partial charge in [0.05, 0.1) is 11.8 Å². The second-order valence-electron chi connectivity index (χ2n) is 6.53. The number of carbonyl (C=O) groups excluding carboxylic acids is 2. The van der Waals surface area contributed by atoms with E-state index < -0.39 is 11.9 Å². The molecule has 1 heterocycles. The standard InChI is InChI=1S/C15H26N2O4/c1-9(2)7-17-8-11(5-13(17)18)14(19)16-6-12(10(3)4)15(20)21/h9-12H,5-8H2,1-4H3,(H,16,19)(H,20,21). The number of carbonyl (C=O) groups is 3. The zero-order chi connectivity index (χ0) is 16.2.